The fraction of sp³-hybridized carbons (Fsp3) is 0.391. The third kappa shape index (κ3) is 6.89. The van der Waals surface area contributed by atoms with Gasteiger partial charge in [0, 0.05) is 0 Å². The highest BCUT2D eigenvalue weighted by molar-refractivity contribution is 5.81. The Kier molecular flexibility index (Phi) is 8.56. The van der Waals surface area contributed by atoms with E-state index in [0.717, 1.165) is 30.4 Å². The highest BCUT2D eigenvalue weighted by Crippen LogP contribution is 2.24. The van der Waals surface area contributed by atoms with Crippen LogP contribution in [-0.2, 0) is 27.2 Å². The molecule has 144 valence electrons. The summed E-state index contributed by atoms with van der Waals surface area (Å²) in [5, 5.41) is 9.83. The number of unbranched alkanes of at least 4 members (excludes halogenated alkanes) is 2. The Labute approximate surface area is 161 Å². The molecule has 2 rings (SSSR count). The average molecular weight is 368 g/mol. The van der Waals surface area contributed by atoms with Gasteiger partial charge in [-0.05, 0) is 30.4 Å². The normalized spacial score (nSPS) is 12.9. The number of rotatable bonds is 11. The largest absolute Gasteiger partial charge is 0.481 e. The van der Waals surface area contributed by atoms with Crippen molar-refractivity contribution in [2.75, 3.05) is 6.61 Å². The molecule has 2 atom stereocenters. The van der Waals surface area contributed by atoms with Crippen molar-refractivity contribution in [3.05, 3.63) is 71.8 Å². The van der Waals surface area contributed by atoms with Gasteiger partial charge in [0.15, 0.2) is 0 Å². The minimum Gasteiger partial charge on any atom is -0.481 e. The number of carboxylic acid groups (broad SMARTS) is 1. The first-order valence-corrected chi connectivity index (χ1v) is 9.59. The number of carbonyl (C=O) groups excluding carboxylic acids is 1. The highest BCUT2D eigenvalue weighted by Gasteiger charge is 2.35. The molecule has 0 aliphatic heterocycles. The zero-order valence-electron chi connectivity index (χ0n) is 15.8. The first kappa shape index (κ1) is 20.7. The summed E-state index contributed by atoms with van der Waals surface area (Å²) in [6.07, 6.45) is 3.49. The van der Waals surface area contributed by atoms with E-state index in [2.05, 4.69) is 6.92 Å². The predicted octanol–water partition coefficient (Wildman–Crippen LogP) is 4.52. The van der Waals surface area contributed by atoms with Crippen molar-refractivity contribution in [1.29, 1.82) is 0 Å². The number of carbonyl (C=O) groups is 2. The van der Waals surface area contributed by atoms with Gasteiger partial charge in [-0.3, -0.25) is 9.59 Å². The predicted molar refractivity (Wildman–Crippen MR) is 105 cm³/mol. The van der Waals surface area contributed by atoms with Gasteiger partial charge in [-0.1, -0.05) is 80.4 Å². The van der Waals surface area contributed by atoms with E-state index >= 15 is 0 Å². The van der Waals surface area contributed by atoms with Crippen molar-refractivity contribution in [3.8, 4) is 0 Å². The maximum absolute atomic E-state index is 12.8. The van der Waals surface area contributed by atoms with Gasteiger partial charge in [-0.25, -0.2) is 0 Å². The molecular weight excluding hydrogens is 340 g/mol. The Morgan fingerprint density at radius 1 is 0.852 bits per heavy atom. The molecule has 0 spiro atoms. The summed E-state index contributed by atoms with van der Waals surface area (Å²) < 4.78 is 5.45. The van der Waals surface area contributed by atoms with Crippen molar-refractivity contribution in [2.24, 2.45) is 11.8 Å². The van der Waals surface area contributed by atoms with Crippen LogP contribution in [-0.4, -0.2) is 23.7 Å². The lowest BCUT2D eigenvalue weighted by atomic mass is 9.82. The van der Waals surface area contributed by atoms with Gasteiger partial charge in [0.05, 0.1) is 18.4 Å². The Bertz CT molecular complexity index is 697. The molecule has 0 aliphatic rings. The van der Waals surface area contributed by atoms with Crippen molar-refractivity contribution >= 4 is 11.9 Å². The molecule has 0 heterocycles. The lowest BCUT2D eigenvalue weighted by Gasteiger charge is -2.23. The number of aliphatic carboxylic acids is 1. The van der Waals surface area contributed by atoms with Gasteiger partial charge in [-0.15, -0.1) is 0 Å². The lowest BCUT2D eigenvalue weighted by Crippen LogP contribution is -2.34. The Hall–Kier alpha value is -2.62. The highest BCUT2D eigenvalue weighted by atomic mass is 16.5. The fourth-order valence-corrected chi connectivity index (χ4v) is 3.16. The Morgan fingerprint density at radius 2 is 1.37 bits per heavy atom. The third-order valence-corrected chi connectivity index (χ3v) is 4.69. The standard InChI is InChI=1S/C23H28O4/c1-2-3-10-15-27-23(26)21(17-19-13-8-5-9-14-19)20(22(24)25)16-18-11-6-4-7-12-18/h4-9,11-14,20-21H,2-3,10,15-17H2,1H3,(H,24,25). The van der Waals surface area contributed by atoms with Crippen molar-refractivity contribution < 1.29 is 19.4 Å². The minimum absolute atomic E-state index is 0.303. The van der Waals surface area contributed by atoms with E-state index in [-0.39, 0.29) is 0 Å². The van der Waals surface area contributed by atoms with E-state index in [1.807, 2.05) is 60.7 Å². The molecule has 0 aliphatic carbocycles. The minimum atomic E-state index is -0.967. The summed E-state index contributed by atoms with van der Waals surface area (Å²) in [6, 6.07) is 19.0. The van der Waals surface area contributed by atoms with Gasteiger partial charge in [0.1, 0.15) is 0 Å². The van der Waals surface area contributed by atoms with Crippen molar-refractivity contribution in [2.45, 2.75) is 39.0 Å². The van der Waals surface area contributed by atoms with Gasteiger partial charge in [0.25, 0.3) is 0 Å². The zero-order chi connectivity index (χ0) is 19.5. The molecule has 0 amide bonds. The zero-order valence-corrected chi connectivity index (χ0v) is 15.8. The molecule has 2 aromatic carbocycles. The second-order valence-corrected chi connectivity index (χ2v) is 6.81. The second-order valence-electron chi connectivity index (χ2n) is 6.81. The van der Waals surface area contributed by atoms with Gasteiger partial charge >= 0.3 is 11.9 Å². The molecule has 2 aromatic rings. The molecule has 0 saturated carbocycles. The Morgan fingerprint density at radius 3 is 1.85 bits per heavy atom. The summed E-state index contributed by atoms with van der Waals surface area (Å²) in [4.78, 5) is 24.8. The number of esters is 1. The van der Waals surface area contributed by atoms with Gasteiger partial charge in [-0.2, -0.15) is 0 Å². The molecule has 1 N–H and O–H groups in total. The molecule has 0 aromatic heterocycles. The molecule has 4 nitrogen and oxygen atoms in total. The number of hydrogen-bond acceptors (Lipinski definition) is 3. The second kappa shape index (κ2) is 11.2. The molecule has 0 bridgehead atoms. The fourth-order valence-electron chi connectivity index (χ4n) is 3.16. The SMILES string of the molecule is CCCCCOC(=O)C(Cc1ccccc1)C(Cc1ccccc1)C(=O)O. The smallest absolute Gasteiger partial charge is 0.310 e. The average Bonchev–Trinajstić information content (AvgIpc) is 2.69. The van der Waals surface area contributed by atoms with Crippen LogP contribution in [0, 0.1) is 11.8 Å². The van der Waals surface area contributed by atoms with E-state index in [1.54, 1.807) is 0 Å². The molecule has 0 fully saturated rings. The van der Waals surface area contributed by atoms with E-state index < -0.39 is 23.8 Å². The molecule has 4 heteroatoms. The van der Waals surface area contributed by atoms with E-state index in [1.165, 1.54) is 0 Å². The summed E-state index contributed by atoms with van der Waals surface area (Å²) in [5.74, 6) is -2.93. The molecule has 0 radical (unpaired) electrons. The maximum Gasteiger partial charge on any atom is 0.310 e. The monoisotopic (exact) mass is 368 g/mol. The summed E-state index contributed by atoms with van der Waals surface area (Å²) in [6.45, 7) is 2.43. The van der Waals surface area contributed by atoms with Gasteiger partial charge < -0.3 is 9.84 Å². The maximum atomic E-state index is 12.8. The molecule has 27 heavy (non-hydrogen) atoms. The molecular formula is C23H28O4. The first-order chi connectivity index (χ1) is 13.1. The van der Waals surface area contributed by atoms with Crippen LogP contribution in [0.4, 0.5) is 0 Å². The van der Waals surface area contributed by atoms with Crippen LogP contribution in [0.5, 0.6) is 0 Å². The summed E-state index contributed by atoms with van der Waals surface area (Å²) in [5.41, 5.74) is 1.84. The molecule has 0 saturated heterocycles. The first-order valence-electron chi connectivity index (χ1n) is 9.59. The van der Waals surface area contributed by atoms with Crippen LogP contribution in [0.3, 0.4) is 0 Å². The Balaban J connectivity index is 2.18. The van der Waals surface area contributed by atoms with Crippen LogP contribution >= 0.6 is 0 Å². The van der Waals surface area contributed by atoms with Crippen LogP contribution in [0.1, 0.15) is 37.3 Å². The number of benzene rings is 2. The van der Waals surface area contributed by atoms with Crippen molar-refractivity contribution in [3.63, 3.8) is 0 Å². The van der Waals surface area contributed by atoms with Crippen LogP contribution < -0.4 is 0 Å². The lowest BCUT2D eigenvalue weighted by molar-refractivity contribution is -0.157. The van der Waals surface area contributed by atoms with Crippen LogP contribution in [0.15, 0.2) is 60.7 Å². The summed E-state index contributed by atoms with van der Waals surface area (Å²) in [7, 11) is 0. The van der Waals surface area contributed by atoms with E-state index in [9.17, 15) is 14.7 Å². The quantitative estimate of drug-likeness (QED) is 0.468. The topological polar surface area (TPSA) is 63.6 Å². The van der Waals surface area contributed by atoms with Crippen molar-refractivity contribution in [1.82, 2.24) is 0 Å². The van der Waals surface area contributed by atoms with Gasteiger partial charge in [0.2, 0.25) is 0 Å². The van der Waals surface area contributed by atoms with E-state index in [4.69, 9.17) is 4.74 Å². The molecule has 2 unspecified atom stereocenters. The summed E-state index contributed by atoms with van der Waals surface area (Å²) >= 11 is 0. The van der Waals surface area contributed by atoms with E-state index in [0.29, 0.717) is 19.4 Å². The number of ether oxygens (including phenoxy) is 1. The number of hydrogen-bond donors (Lipinski definition) is 1. The number of carboxylic acids is 1. The van der Waals surface area contributed by atoms with Crippen LogP contribution in [0.25, 0.3) is 0 Å². The third-order valence-electron chi connectivity index (χ3n) is 4.69. The van der Waals surface area contributed by atoms with Crippen LogP contribution in [0.2, 0.25) is 0 Å².